The van der Waals surface area contributed by atoms with E-state index in [0.717, 1.165) is 39.2 Å². The van der Waals surface area contributed by atoms with Gasteiger partial charge >= 0.3 is 6.55 Å². The molecule has 0 unspecified atom stereocenters. The van der Waals surface area contributed by atoms with E-state index < -0.39 is 6.55 Å². The number of nitrogens with zero attached hydrogens (tertiary/aromatic N) is 4. The van der Waals surface area contributed by atoms with Gasteiger partial charge in [0.25, 0.3) is 0 Å². The van der Waals surface area contributed by atoms with Crippen LogP contribution in [0.5, 0.6) is 0 Å². The Balaban J connectivity index is 1.53. The van der Waals surface area contributed by atoms with Gasteiger partial charge in [-0.05, 0) is 31.0 Å². The molecule has 4 aromatic rings. The number of thioether (sulfide) groups is 1. The van der Waals surface area contributed by atoms with Gasteiger partial charge in [0.15, 0.2) is 0 Å². The van der Waals surface area contributed by atoms with Crippen LogP contribution < -0.4 is 0 Å². The lowest BCUT2D eigenvalue weighted by atomic mass is 10.2. The Morgan fingerprint density at radius 1 is 0.963 bits per heavy atom. The molecular formula is C20H16F2N4S. The zero-order valence-corrected chi connectivity index (χ0v) is 15.2. The summed E-state index contributed by atoms with van der Waals surface area (Å²) in [6, 6.07) is 14.8. The van der Waals surface area contributed by atoms with Crippen LogP contribution in [0, 0.1) is 0 Å². The number of aromatic nitrogens is 4. The van der Waals surface area contributed by atoms with Crippen LogP contribution in [0.15, 0.2) is 53.6 Å². The highest BCUT2D eigenvalue weighted by Gasteiger charge is 2.27. The minimum Gasteiger partial charge on any atom is -0.269 e. The van der Waals surface area contributed by atoms with Crippen molar-refractivity contribution in [3.05, 3.63) is 60.2 Å². The van der Waals surface area contributed by atoms with Crippen molar-refractivity contribution < 1.29 is 8.78 Å². The first kappa shape index (κ1) is 16.6. The molecule has 0 spiro atoms. The van der Waals surface area contributed by atoms with Gasteiger partial charge in [0.1, 0.15) is 16.7 Å². The van der Waals surface area contributed by atoms with Crippen molar-refractivity contribution in [2.45, 2.75) is 36.1 Å². The van der Waals surface area contributed by atoms with Crippen LogP contribution in [-0.4, -0.2) is 19.5 Å². The third kappa shape index (κ3) is 3.06. The highest BCUT2D eigenvalue weighted by molar-refractivity contribution is 7.98. The summed E-state index contributed by atoms with van der Waals surface area (Å²) < 4.78 is 28.3. The second-order valence-electron chi connectivity index (χ2n) is 6.63. The standard InChI is InChI=1S/C20H16F2N4S/c21-20(22)26-16-8-4-3-7-15(16)23-17(26)11-27-19-13-5-1-2-6-14(13)24-18(25-19)12-9-10-12/h1-8,12,20H,9-11H2. The van der Waals surface area contributed by atoms with Gasteiger partial charge in [-0.1, -0.05) is 42.1 Å². The number of hydrogen-bond donors (Lipinski definition) is 0. The number of fused-ring (bicyclic) bond motifs is 2. The first-order chi connectivity index (χ1) is 13.2. The molecule has 2 aromatic heterocycles. The second kappa shape index (κ2) is 6.56. The smallest absolute Gasteiger partial charge is 0.269 e. The largest absolute Gasteiger partial charge is 0.320 e. The summed E-state index contributed by atoms with van der Waals surface area (Å²) in [6.07, 6.45) is 2.23. The molecule has 0 saturated heterocycles. The van der Waals surface area contributed by atoms with Crippen molar-refractivity contribution in [1.29, 1.82) is 0 Å². The summed E-state index contributed by atoms with van der Waals surface area (Å²) in [4.78, 5) is 13.8. The van der Waals surface area contributed by atoms with E-state index in [4.69, 9.17) is 4.98 Å². The third-order valence-corrected chi connectivity index (χ3v) is 5.72. The Morgan fingerprint density at radius 3 is 2.48 bits per heavy atom. The molecule has 27 heavy (non-hydrogen) atoms. The van der Waals surface area contributed by atoms with Crippen molar-refractivity contribution in [3.63, 3.8) is 0 Å². The molecule has 0 radical (unpaired) electrons. The molecular weight excluding hydrogens is 366 g/mol. The van der Waals surface area contributed by atoms with E-state index in [1.165, 1.54) is 11.8 Å². The SMILES string of the molecule is FC(F)n1c(CSc2nc(C3CC3)nc3ccccc23)nc2ccccc21. The summed E-state index contributed by atoms with van der Waals surface area (Å²) in [5.41, 5.74) is 1.94. The quantitative estimate of drug-likeness (QED) is 0.336. The van der Waals surface area contributed by atoms with Crippen LogP contribution in [0.1, 0.15) is 37.0 Å². The van der Waals surface area contributed by atoms with Crippen LogP contribution in [0.3, 0.4) is 0 Å². The molecule has 0 N–H and O–H groups in total. The zero-order chi connectivity index (χ0) is 18.4. The Labute approximate surface area is 158 Å². The van der Waals surface area contributed by atoms with E-state index >= 15 is 0 Å². The molecule has 7 heteroatoms. The Hall–Kier alpha value is -2.54. The predicted molar refractivity (Wildman–Crippen MR) is 102 cm³/mol. The lowest BCUT2D eigenvalue weighted by Gasteiger charge is -2.10. The second-order valence-corrected chi connectivity index (χ2v) is 7.60. The van der Waals surface area contributed by atoms with Crippen LogP contribution in [0.2, 0.25) is 0 Å². The number of hydrogen-bond acceptors (Lipinski definition) is 4. The molecule has 1 aliphatic carbocycles. The van der Waals surface area contributed by atoms with Crippen LogP contribution >= 0.6 is 11.8 Å². The van der Waals surface area contributed by atoms with Crippen molar-refractivity contribution >= 4 is 33.7 Å². The molecule has 0 bridgehead atoms. The van der Waals surface area contributed by atoms with Gasteiger partial charge in [0, 0.05) is 11.3 Å². The monoisotopic (exact) mass is 382 g/mol. The number of benzene rings is 2. The maximum Gasteiger partial charge on any atom is 0.320 e. The van der Waals surface area contributed by atoms with Crippen molar-refractivity contribution in [2.24, 2.45) is 0 Å². The average molecular weight is 382 g/mol. The van der Waals surface area contributed by atoms with Crippen molar-refractivity contribution in [3.8, 4) is 0 Å². The van der Waals surface area contributed by atoms with Gasteiger partial charge in [0.05, 0.1) is 22.3 Å². The van der Waals surface area contributed by atoms with Gasteiger partial charge in [-0.25, -0.2) is 15.0 Å². The number of rotatable bonds is 5. The highest BCUT2D eigenvalue weighted by atomic mass is 32.2. The zero-order valence-electron chi connectivity index (χ0n) is 14.3. The minimum atomic E-state index is -2.63. The maximum absolute atomic E-state index is 13.6. The van der Waals surface area contributed by atoms with Crippen LogP contribution in [0.25, 0.3) is 21.9 Å². The molecule has 2 aromatic carbocycles. The van der Waals surface area contributed by atoms with E-state index in [1.54, 1.807) is 18.2 Å². The number of halogens is 2. The van der Waals surface area contributed by atoms with Gasteiger partial charge in [-0.3, -0.25) is 4.57 Å². The fourth-order valence-electron chi connectivity index (χ4n) is 3.25. The van der Waals surface area contributed by atoms with E-state index in [1.807, 2.05) is 30.3 Å². The predicted octanol–water partition coefficient (Wildman–Crippen LogP) is 5.54. The van der Waals surface area contributed by atoms with Gasteiger partial charge in [0.2, 0.25) is 0 Å². The van der Waals surface area contributed by atoms with Crippen LogP contribution in [0.4, 0.5) is 8.78 Å². The third-order valence-electron chi connectivity index (χ3n) is 4.73. The molecule has 1 saturated carbocycles. The normalized spacial score (nSPS) is 14.5. The molecule has 2 heterocycles. The fourth-order valence-corrected chi connectivity index (χ4v) is 4.20. The van der Waals surface area contributed by atoms with E-state index in [0.29, 0.717) is 28.5 Å². The Kier molecular flexibility index (Phi) is 4.04. The lowest BCUT2D eigenvalue weighted by molar-refractivity contribution is 0.0722. The van der Waals surface area contributed by atoms with E-state index in [-0.39, 0.29) is 0 Å². The average Bonchev–Trinajstić information content (AvgIpc) is 3.46. The first-order valence-electron chi connectivity index (χ1n) is 8.84. The molecule has 0 aliphatic heterocycles. The Morgan fingerprint density at radius 2 is 1.70 bits per heavy atom. The molecule has 0 atom stereocenters. The molecule has 4 nitrogen and oxygen atoms in total. The number of imidazole rings is 1. The maximum atomic E-state index is 13.6. The minimum absolute atomic E-state index is 0.324. The van der Waals surface area contributed by atoms with E-state index in [9.17, 15) is 8.78 Å². The Bertz CT molecular complexity index is 1140. The molecule has 1 aliphatic rings. The molecule has 0 amide bonds. The summed E-state index contributed by atoms with van der Waals surface area (Å²) in [5, 5.41) is 1.78. The topological polar surface area (TPSA) is 43.6 Å². The lowest BCUT2D eigenvalue weighted by Crippen LogP contribution is -2.04. The summed E-state index contributed by atoms with van der Waals surface area (Å²) in [7, 11) is 0. The number of para-hydroxylation sites is 3. The van der Waals surface area contributed by atoms with Crippen LogP contribution in [-0.2, 0) is 5.75 Å². The fraction of sp³-hybridized carbons (Fsp3) is 0.250. The molecule has 1 fully saturated rings. The van der Waals surface area contributed by atoms with Gasteiger partial charge in [-0.2, -0.15) is 8.78 Å². The van der Waals surface area contributed by atoms with Crippen molar-refractivity contribution in [2.75, 3.05) is 0 Å². The summed E-state index contributed by atoms with van der Waals surface area (Å²) in [5.74, 6) is 1.97. The number of alkyl halides is 2. The molecule has 5 rings (SSSR count). The first-order valence-corrected chi connectivity index (χ1v) is 9.83. The highest BCUT2D eigenvalue weighted by Crippen LogP contribution is 2.40. The molecule has 136 valence electrons. The van der Waals surface area contributed by atoms with Crippen molar-refractivity contribution in [1.82, 2.24) is 19.5 Å². The summed E-state index contributed by atoms with van der Waals surface area (Å²) in [6.45, 7) is -2.63. The van der Waals surface area contributed by atoms with E-state index in [2.05, 4.69) is 9.97 Å². The summed E-state index contributed by atoms with van der Waals surface area (Å²) >= 11 is 1.44. The van der Waals surface area contributed by atoms with Gasteiger partial charge in [-0.15, -0.1) is 0 Å². The van der Waals surface area contributed by atoms with Gasteiger partial charge < -0.3 is 0 Å².